The van der Waals surface area contributed by atoms with Crippen LogP contribution in [-0.2, 0) is 6.42 Å². The molecule has 6 nitrogen and oxygen atoms in total. The second-order valence-corrected chi connectivity index (χ2v) is 3.61. The van der Waals surface area contributed by atoms with Crippen LogP contribution in [0.25, 0.3) is 0 Å². The standard InChI is InChI=1S/C11H13N5O/c1-8-14-10(16-15-8)11(17)13-7-4-9-2-5-12-6-3-9/h2-3,5-6H,4,7H2,1H3,(H,13,17)(H,14,15,16). The molecule has 0 atom stereocenters. The molecule has 0 unspecified atom stereocenters. The van der Waals surface area contributed by atoms with E-state index in [0.29, 0.717) is 12.4 Å². The summed E-state index contributed by atoms with van der Waals surface area (Å²) in [5.74, 6) is 0.546. The molecule has 0 spiro atoms. The van der Waals surface area contributed by atoms with Crippen LogP contribution in [0.1, 0.15) is 22.0 Å². The quantitative estimate of drug-likeness (QED) is 0.801. The van der Waals surface area contributed by atoms with Gasteiger partial charge in [-0.25, -0.2) is 4.98 Å². The molecule has 0 saturated heterocycles. The summed E-state index contributed by atoms with van der Waals surface area (Å²) < 4.78 is 0. The van der Waals surface area contributed by atoms with Crippen molar-refractivity contribution >= 4 is 5.91 Å². The van der Waals surface area contributed by atoms with Gasteiger partial charge in [0, 0.05) is 18.9 Å². The van der Waals surface area contributed by atoms with Crippen LogP contribution < -0.4 is 5.32 Å². The number of nitrogens with one attached hydrogen (secondary N) is 2. The Morgan fingerprint density at radius 1 is 1.41 bits per heavy atom. The predicted octanol–water partition coefficient (Wildman–Crippen LogP) is 0.481. The minimum Gasteiger partial charge on any atom is -0.349 e. The number of H-pyrrole nitrogens is 1. The summed E-state index contributed by atoms with van der Waals surface area (Å²) >= 11 is 0. The molecule has 17 heavy (non-hydrogen) atoms. The first-order chi connectivity index (χ1) is 8.25. The van der Waals surface area contributed by atoms with Crippen molar-refractivity contribution < 1.29 is 4.79 Å². The number of nitrogens with zero attached hydrogens (tertiary/aromatic N) is 3. The number of hydrogen-bond acceptors (Lipinski definition) is 4. The average molecular weight is 231 g/mol. The molecule has 2 rings (SSSR count). The van der Waals surface area contributed by atoms with Crippen molar-refractivity contribution in [2.45, 2.75) is 13.3 Å². The molecule has 0 bridgehead atoms. The van der Waals surface area contributed by atoms with E-state index in [4.69, 9.17) is 0 Å². The van der Waals surface area contributed by atoms with Gasteiger partial charge in [-0.1, -0.05) is 0 Å². The third-order valence-electron chi connectivity index (χ3n) is 2.25. The van der Waals surface area contributed by atoms with Crippen molar-refractivity contribution in [2.75, 3.05) is 6.54 Å². The Hall–Kier alpha value is -2.24. The lowest BCUT2D eigenvalue weighted by Crippen LogP contribution is -2.26. The summed E-state index contributed by atoms with van der Waals surface area (Å²) in [6.45, 7) is 2.30. The van der Waals surface area contributed by atoms with E-state index in [1.165, 1.54) is 0 Å². The van der Waals surface area contributed by atoms with Gasteiger partial charge in [-0.3, -0.25) is 14.9 Å². The van der Waals surface area contributed by atoms with Gasteiger partial charge in [-0.15, -0.1) is 5.10 Å². The number of aromatic nitrogens is 4. The Bertz CT molecular complexity index is 494. The number of aryl methyl sites for hydroxylation is 1. The Morgan fingerprint density at radius 2 is 2.18 bits per heavy atom. The predicted molar refractivity (Wildman–Crippen MR) is 61.4 cm³/mol. The van der Waals surface area contributed by atoms with Gasteiger partial charge in [-0.2, -0.15) is 0 Å². The smallest absolute Gasteiger partial charge is 0.290 e. The van der Waals surface area contributed by atoms with Crippen molar-refractivity contribution in [2.24, 2.45) is 0 Å². The lowest BCUT2D eigenvalue weighted by atomic mass is 10.2. The van der Waals surface area contributed by atoms with Gasteiger partial charge in [0.1, 0.15) is 5.82 Å². The third kappa shape index (κ3) is 3.10. The minimum absolute atomic E-state index is 0.178. The molecule has 6 heteroatoms. The van der Waals surface area contributed by atoms with E-state index in [0.717, 1.165) is 12.0 Å². The van der Waals surface area contributed by atoms with E-state index in [2.05, 4.69) is 25.5 Å². The zero-order chi connectivity index (χ0) is 12.1. The zero-order valence-electron chi connectivity index (χ0n) is 9.47. The molecular weight excluding hydrogens is 218 g/mol. The number of aromatic amines is 1. The second kappa shape index (κ2) is 5.20. The normalized spacial score (nSPS) is 10.2. The Kier molecular flexibility index (Phi) is 3.44. The third-order valence-corrected chi connectivity index (χ3v) is 2.25. The Morgan fingerprint density at radius 3 is 2.82 bits per heavy atom. The molecule has 0 aliphatic rings. The van der Waals surface area contributed by atoms with Crippen LogP contribution in [0.2, 0.25) is 0 Å². The zero-order valence-corrected chi connectivity index (χ0v) is 9.47. The van der Waals surface area contributed by atoms with Gasteiger partial charge in [0.15, 0.2) is 0 Å². The highest BCUT2D eigenvalue weighted by molar-refractivity contribution is 5.90. The number of pyridine rings is 1. The highest BCUT2D eigenvalue weighted by Gasteiger charge is 2.09. The van der Waals surface area contributed by atoms with E-state index in [9.17, 15) is 4.79 Å². The van der Waals surface area contributed by atoms with Gasteiger partial charge < -0.3 is 5.32 Å². The van der Waals surface area contributed by atoms with E-state index in [1.54, 1.807) is 19.3 Å². The average Bonchev–Trinajstić information content (AvgIpc) is 2.77. The van der Waals surface area contributed by atoms with Crippen molar-refractivity contribution in [3.8, 4) is 0 Å². The van der Waals surface area contributed by atoms with E-state index in [1.807, 2.05) is 12.1 Å². The maximum absolute atomic E-state index is 11.6. The van der Waals surface area contributed by atoms with Crippen LogP contribution in [-0.4, -0.2) is 32.6 Å². The summed E-state index contributed by atoms with van der Waals surface area (Å²) in [7, 11) is 0. The molecular formula is C11H13N5O. The molecule has 0 fully saturated rings. The van der Waals surface area contributed by atoms with Crippen LogP contribution in [0.3, 0.4) is 0 Å². The van der Waals surface area contributed by atoms with Gasteiger partial charge in [0.25, 0.3) is 5.91 Å². The Balaban J connectivity index is 1.81. The molecule has 2 aromatic heterocycles. The molecule has 2 aromatic rings. The molecule has 0 saturated carbocycles. The fourth-order valence-electron chi connectivity index (χ4n) is 1.39. The van der Waals surface area contributed by atoms with E-state index < -0.39 is 0 Å². The molecule has 1 amide bonds. The first kappa shape index (κ1) is 11.3. The number of amides is 1. The summed E-state index contributed by atoms with van der Waals surface area (Å²) in [5.41, 5.74) is 1.13. The number of rotatable bonds is 4. The lowest BCUT2D eigenvalue weighted by molar-refractivity contribution is 0.0944. The highest BCUT2D eigenvalue weighted by atomic mass is 16.2. The Labute approximate surface area is 98.5 Å². The number of carbonyl (C=O) groups excluding carboxylic acids is 1. The van der Waals surface area contributed by atoms with Gasteiger partial charge in [0.05, 0.1) is 0 Å². The van der Waals surface area contributed by atoms with Crippen LogP contribution in [0.4, 0.5) is 0 Å². The first-order valence-corrected chi connectivity index (χ1v) is 5.32. The van der Waals surface area contributed by atoms with Crippen molar-refractivity contribution in [1.82, 2.24) is 25.5 Å². The molecule has 0 aliphatic heterocycles. The monoisotopic (exact) mass is 231 g/mol. The SMILES string of the molecule is Cc1nc(C(=O)NCCc2ccncc2)n[nH]1. The van der Waals surface area contributed by atoms with Crippen LogP contribution in [0, 0.1) is 6.92 Å². The second-order valence-electron chi connectivity index (χ2n) is 3.61. The molecule has 88 valence electrons. The van der Waals surface area contributed by atoms with Gasteiger partial charge >= 0.3 is 0 Å². The van der Waals surface area contributed by atoms with Crippen LogP contribution in [0.15, 0.2) is 24.5 Å². The maximum Gasteiger partial charge on any atom is 0.290 e. The van der Waals surface area contributed by atoms with E-state index >= 15 is 0 Å². The number of carbonyl (C=O) groups is 1. The summed E-state index contributed by atoms with van der Waals surface area (Å²) in [6.07, 6.45) is 4.23. The fourth-order valence-corrected chi connectivity index (χ4v) is 1.39. The highest BCUT2D eigenvalue weighted by Crippen LogP contribution is 1.96. The van der Waals surface area contributed by atoms with Crippen LogP contribution in [0.5, 0.6) is 0 Å². The van der Waals surface area contributed by atoms with Crippen molar-refractivity contribution in [1.29, 1.82) is 0 Å². The summed E-state index contributed by atoms with van der Waals surface area (Å²) in [5, 5.41) is 9.17. The summed E-state index contributed by atoms with van der Waals surface area (Å²) in [4.78, 5) is 19.5. The topological polar surface area (TPSA) is 83.6 Å². The molecule has 2 N–H and O–H groups in total. The molecule has 0 aromatic carbocycles. The molecule has 2 heterocycles. The van der Waals surface area contributed by atoms with Gasteiger partial charge in [0.2, 0.25) is 5.82 Å². The fraction of sp³-hybridized carbons (Fsp3) is 0.273. The van der Waals surface area contributed by atoms with Crippen LogP contribution >= 0.6 is 0 Å². The maximum atomic E-state index is 11.6. The van der Waals surface area contributed by atoms with E-state index in [-0.39, 0.29) is 11.7 Å². The number of hydrogen-bond donors (Lipinski definition) is 2. The summed E-state index contributed by atoms with van der Waals surface area (Å²) in [6, 6.07) is 3.84. The first-order valence-electron chi connectivity index (χ1n) is 5.32. The van der Waals surface area contributed by atoms with Gasteiger partial charge in [-0.05, 0) is 31.0 Å². The minimum atomic E-state index is -0.261. The largest absolute Gasteiger partial charge is 0.349 e. The molecule has 0 aliphatic carbocycles. The van der Waals surface area contributed by atoms with Crippen molar-refractivity contribution in [3.63, 3.8) is 0 Å². The lowest BCUT2D eigenvalue weighted by Gasteiger charge is -2.02. The molecule has 0 radical (unpaired) electrons. The van der Waals surface area contributed by atoms with Crippen molar-refractivity contribution in [3.05, 3.63) is 41.7 Å².